The summed E-state index contributed by atoms with van der Waals surface area (Å²) in [4.78, 5) is 41.5. The van der Waals surface area contributed by atoms with Crippen LogP contribution in [0.2, 0.25) is 0 Å². The predicted molar refractivity (Wildman–Crippen MR) is 158 cm³/mol. The van der Waals surface area contributed by atoms with Crippen molar-refractivity contribution in [2.75, 3.05) is 20.1 Å². The molecule has 41 heavy (non-hydrogen) atoms. The Bertz CT molecular complexity index is 1360. The summed E-state index contributed by atoms with van der Waals surface area (Å²) in [5, 5.41) is 9.28. The van der Waals surface area contributed by atoms with Gasteiger partial charge in [-0.25, -0.2) is 14.6 Å². The molecule has 4 rings (SSSR count). The van der Waals surface area contributed by atoms with Crippen molar-refractivity contribution in [3.63, 3.8) is 0 Å². The summed E-state index contributed by atoms with van der Waals surface area (Å²) < 4.78 is 10.4. The predicted octanol–water partition coefficient (Wildman–Crippen LogP) is 5.82. The number of alkyl carbamates (subject to hydrolysis) is 2. The summed E-state index contributed by atoms with van der Waals surface area (Å²) in [7, 11) is 1.52. The van der Waals surface area contributed by atoms with Gasteiger partial charge in [0.1, 0.15) is 12.2 Å². The Morgan fingerprint density at radius 2 is 1.51 bits per heavy atom. The molecule has 0 spiro atoms. The molecule has 218 valence electrons. The van der Waals surface area contributed by atoms with Crippen LogP contribution in [-0.4, -0.2) is 48.8 Å². The third-order valence-corrected chi connectivity index (χ3v) is 7.24. The maximum absolute atomic E-state index is 13.4. The number of pyridine rings is 1. The van der Waals surface area contributed by atoms with Crippen LogP contribution in [0, 0.1) is 11.8 Å². The van der Waals surface area contributed by atoms with E-state index in [4.69, 9.17) is 14.5 Å². The van der Waals surface area contributed by atoms with E-state index in [2.05, 4.69) is 16.0 Å². The molecule has 9 heteroatoms. The lowest BCUT2D eigenvalue weighted by atomic mass is 9.82. The number of rotatable bonds is 8. The maximum Gasteiger partial charge on any atom is 0.407 e. The van der Waals surface area contributed by atoms with E-state index >= 15 is 0 Å². The lowest BCUT2D eigenvalue weighted by molar-refractivity contribution is 0.0512. The van der Waals surface area contributed by atoms with Crippen LogP contribution < -0.4 is 16.0 Å². The highest BCUT2D eigenvalue weighted by molar-refractivity contribution is 6.07. The zero-order valence-electron chi connectivity index (χ0n) is 24.3. The van der Waals surface area contributed by atoms with Crippen LogP contribution in [0.5, 0.6) is 0 Å². The van der Waals surface area contributed by atoms with Gasteiger partial charge in [-0.05, 0) is 76.0 Å². The van der Waals surface area contributed by atoms with Gasteiger partial charge in [-0.1, -0.05) is 42.5 Å². The molecular formula is C32H40N4O5. The van der Waals surface area contributed by atoms with E-state index in [1.54, 1.807) is 0 Å². The van der Waals surface area contributed by atoms with Gasteiger partial charge in [-0.2, -0.15) is 0 Å². The first-order chi connectivity index (χ1) is 19.6. The number of aromatic nitrogens is 1. The number of nitrogens with zero attached hydrogens (tertiary/aromatic N) is 1. The van der Waals surface area contributed by atoms with Crippen LogP contribution in [0.3, 0.4) is 0 Å². The van der Waals surface area contributed by atoms with Crippen LogP contribution in [0.4, 0.5) is 9.59 Å². The second-order valence-electron chi connectivity index (χ2n) is 11.6. The number of fused-ring (bicyclic) bond motifs is 1. The fraction of sp³-hybridized carbons (Fsp3) is 0.438. The first-order valence-electron chi connectivity index (χ1n) is 14.2. The van der Waals surface area contributed by atoms with Gasteiger partial charge >= 0.3 is 12.2 Å². The number of carbonyl (C=O) groups excluding carboxylic acids is 3. The monoisotopic (exact) mass is 560 g/mol. The number of hydrogen-bond acceptors (Lipinski definition) is 6. The minimum Gasteiger partial charge on any atom is -0.445 e. The lowest BCUT2D eigenvalue weighted by Gasteiger charge is -2.29. The molecule has 0 unspecified atom stereocenters. The number of amides is 3. The molecule has 1 aromatic heterocycles. The minimum atomic E-state index is -0.504. The molecule has 0 bridgehead atoms. The van der Waals surface area contributed by atoms with Crippen molar-refractivity contribution >= 4 is 29.0 Å². The smallest absolute Gasteiger partial charge is 0.407 e. The topological polar surface area (TPSA) is 119 Å². The molecule has 0 radical (unpaired) electrons. The van der Waals surface area contributed by atoms with Gasteiger partial charge in [-0.15, -0.1) is 0 Å². The largest absolute Gasteiger partial charge is 0.445 e. The number of carbonyl (C=O) groups is 3. The maximum atomic E-state index is 13.4. The van der Waals surface area contributed by atoms with Gasteiger partial charge in [0.2, 0.25) is 0 Å². The fourth-order valence-electron chi connectivity index (χ4n) is 5.02. The van der Waals surface area contributed by atoms with Crippen LogP contribution in [0.15, 0.2) is 54.6 Å². The van der Waals surface area contributed by atoms with Crippen molar-refractivity contribution in [1.82, 2.24) is 20.9 Å². The highest BCUT2D eigenvalue weighted by Crippen LogP contribution is 2.29. The third kappa shape index (κ3) is 8.67. The third-order valence-electron chi connectivity index (χ3n) is 7.24. The Balaban J connectivity index is 1.35. The number of benzene rings is 2. The van der Waals surface area contributed by atoms with E-state index in [1.165, 1.54) is 7.05 Å². The average Bonchev–Trinajstić information content (AvgIpc) is 2.97. The number of para-hydroxylation sites is 1. The Hall–Kier alpha value is -4.14. The highest BCUT2D eigenvalue weighted by Gasteiger charge is 2.24. The van der Waals surface area contributed by atoms with E-state index in [0.29, 0.717) is 36.2 Å². The number of nitrogens with one attached hydrogen (secondary N) is 3. The zero-order valence-corrected chi connectivity index (χ0v) is 24.3. The molecule has 1 fully saturated rings. The minimum absolute atomic E-state index is 0.117. The summed E-state index contributed by atoms with van der Waals surface area (Å²) in [5.74, 6) is 0.700. The molecule has 3 amide bonds. The fourth-order valence-corrected chi connectivity index (χ4v) is 5.02. The Morgan fingerprint density at radius 3 is 2.15 bits per heavy atom. The van der Waals surface area contributed by atoms with E-state index < -0.39 is 11.7 Å². The molecule has 3 aromatic rings. The van der Waals surface area contributed by atoms with Crippen LogP contribution >= 0.6 is 0 Å². The quantitative estimate of drug-likeness (QED) is 0.320. The molecule has 1 aliphatic carbocycles. The van der Waals surface area contributed by atoms with E-state index in [-0.39, 0.29) is 18.6 Å². The molecule has 1 aliphatic rings. The van der Waals surface area contributed by atoms with E-state index in [0.717, 1.165) is 47.7 Å². The SMILES string of the molecule is CNC(=O)OCc1ccc(-c2cc(C(=O)NCC3CCC(CNC(=O)OC(C)(C)C)CC3)c3ccccc3n2)cc1. The zero-order chi connectivity index (χ0) is 29.4. The van der Waals surface area contributed by atoms with Gasteiger partial charge in [0, 0.05) is 31.1 Å². The molecule has 3 N–H and O–H groups in total. The summed E-state index contributed by atoms with van der Waals surface area (Å²) in [6.45, 7) is 6.95. The van der Waals surface area contributed by atoms with Crippen LogP contribution in [0.1, 0.15) is 62.4 Å². The molecule has 0 atom stereocenters. The first-order valence-corrected chi connectivity index (χ1v) is 14.2. The molecule has 9 nitrogen and oxygen atoms in total. The molecule has 0 saturated heterocycles. The van der Waals surface area contributed by atoms with Crippen molar-refractivity contribution in [1.29, 1.82) is 0 Å². The van der Waals surface area contributed by atoms with Crippen molar-refractivity contribution in [2.45, 2.75) is 58.7 Å². The van der Waals surface area contributed by atoms with E-state index in [1.807, 2.05) is 75.4 Å². The molecular weight excluding hydrogens is 520 g/mol. The Labute approximate surface area is 241 Å². The summed E-state index contributed by atoms with van der Waals surface area (Å²) in [6, 6.07) is 17.1. The van der Waals surface area contributed by atoms with Gasteiger partial charge in [0.25, 0.3) is 5.91 Å². The molecule has 0 aliphatic heterocycles. The van der Waals surface area contributed by atoms with Crippen molar-refractivity contribution in [3.05, 3.63) is 65.7 Å². The number of hydrogen-bond donors (Lipinski definition) is 3. The van der Waals surface area contributed by atoms with Crippen LogP contribution in [0.25, 0.3) is 22.2 Å². The van der Waals surface area contributed by atoms with Crippen LogP contribution in [-0.2, 0) is 16.1 Å². The molecule has 1 heterocycles. The lowest BCUT2D eigenvalue weighted by Crippen LogP contribution is -2.37. The summed E-state index contributed by atoms with van der Waals surface area (Å²) >= 11 is 0. The van der Waals surface area contributed by atoms with Gasteiger partial charge < -0.3 is 25.4 Å². The number of ether oxygens (including phenoxy) is 2. The molecule has 1 saturated carbocycles. The van der Waals surface area contributed by atoms with Crippen molar-refractivity contribution < 1.29 is 23.9 Å². The van der Waals surface area contributed by atoms with E-state index in [9.17, 15) is 14.4 Å². The average molecular weight is 561 g/mol. The standard InChI is InChI=1S/C32H40N4O5/c1-32(2,3)41-31(39)35-19-22-11-9-21(10-12-22)18-34-29(37)26-17-28(36-27-8-6-5-7-25(26)27)24-15-13-23(14-16-24)20-40-30(38)33-4/h5-8,13-17,21-22H,9-12,18-20H2,1-4H3,(H,33,38)(H,34,37)(H,35,39). The summed E-state index contributed by atoms with van der Waals surface area (Å²) in [6.07, 6.45) is 3.15. The van der Waals surface area contributed by atoms with Gasteiger partial charge in [0.15, 0.2) is 0 Å². The second-order valence-corrected chi connectivity index (χ2v) is 11.6. The van der Waals surface area contributed by atoms with Gasteiger partial charge in [0.05, 0.1) is 16.8 Å². The summed E-state index contributed by atoms with van der Waals surface area (Å²) in [5.41, 5.74) is 3.26. The van der Waals surface area contributed by atoms with Crippen molar-refractivity contribution in [3.8, 4) is 11.3 Å². The Morgan fingerprint density at radius 1 is 0.878 bits per heavy atom. The molecule has 2 aromatic carbocycles. The second kappa shape index (κ2) is 13.5. The normalized spacial score (nSPS) is 17.0. The Kier molecular flexibility index (Phi) is 9.81. The first kappa shape index (κ1) is 29.8. The van der Waals surface area contributed by atoms with Gasteiger partial charge in [-0.3, -0.25) is 4.79 Å². The highest BCUT2D eigenvalue weighted by atomic mass is 16.6. The van der Waals surface area contributed by atoms with Crippen molar-refractivity contribution in [2.24, 2.45) is 11.8 Å².